The predicted molar refractivity (Wildman–Crippen MR) is 76.6 cm³/mol. The molecule has 0 saturated carbocycles. The lowest BCUT2D eigenvalue weighted by atomic mass is 10.0. The average molecular weight is 296 g/mol. The molecule has 0 aliphatic carbocycles. The van der Waals surface area contributed by atoms with E-state index < -0.39 is 22.0 Å². The number of piperidine rings is 1. The van der Waals surface area contributed by atoms with Crippen LogP contribution in [0.5, 0.6) is 0 Å². The normalized spacial score (nSPS) is 20.8. The molecule has 110 valence electrons. The summed E-state index contributed by atoms with van der Waals surface area (Å²) in [6.07, 6.45) is 2.08. The first-order valence-electron chi connectivity index (χ1n) is 6.72. The summed E-state index contributed by atoms with van der Waals surface area (Å²) in [4.78, 5) is 11.7. The van der Waals surface area contributed by atoms with Crippen molar-refractivity contribution in [3.05, 3.63) is 29.3 Å². The molecule has 0 unspecified atom stereocenters. The first kappa shape index (κ1) is 15.0. The molecule has 0 radical (unpaired) electrons. The average Bonchev–Trinajstić information content (AvgIpc) is 2.41. The summed E-state index contributed by atoms with van der Waals surface area (Å²) < 4.78 is 26.6. The van der Waals surface area contributed by atoms with Crippen LogP contribution in [-0.4, -0.2) is 31.2 Å². The lowest BCUT2D eigenvalue weighted by Gasteiger charge is -2.32. The van der Waals surface area contributed by atoms with E-state index in [1.165, 1.54) is 4.31 Å². The molecule has 1 heterocycles. The van der Waals surface area contributed by atoms with Gasteiger partial charge in [-0.15, -0.1) is 0 Å². The summed E-state index contributed by atoms with van der Waals surface area (Å²) in [6, 6.07) is 4.29. The van der Waals surface area contributed by atoms with E-state index in [1.54, 1.807) is 18.2 Å². The van der Waals surface area contributed by atoms with Gasteiger partial charge in [0, 0.05) is 6.54 Å². The largest absolute Gasteiger partial charge is 0.368 e. The number of carbonyl (C=O) groups excluding carboxylic acids is 1. The van der Waals surface area contributed by atoms with E-state index in [-0.39, 0.29) is 4.90 Å². The number of sulfonamides is 1. The first-order chi connectivity index (χ1) is 9.34. The number of aryl methyl sites for hydroxylation is 2. The van der Waals surface area contributed by atoms with E-state index >= 15 is 0 Å². The number of primary amides is 1. The van der Waals surface area contributed by atoms with E-state index in [0.717, 1.165) is 24.0 Å². The fourth-order valence-corrected chi connectivity index (χ4v) is 4.24. The molecule has 5 nitrogen and oxygen atoms in total. The summed E-state index contributed by atoms with van der Waals surface area (Å²) in [7, 11) is -3.66. The number of carbonyl (C=O) groups is 1. The first-order valence-corrected chi connectivity index (χ1v) is 8.16. The van der Waals surface area contributed by atoms with Gasteiger partial charge in [-0.3, -0.25) is 4.79 Å². The Bertz CT molecular complexity index is 625. The van der Waals surface area contributed by atoms with Crippen molar-refractivity contribution < 1.29 is 13.2 Å². The Kier molecular flexibility index (Phi) is 4.15. The van der Waals surface area contributed by atoms with Crippen molar-refractivity contribution in [2.45, 2.75) is 44.0 Å². The van der Waals surface area contributed by atoms with Crippen molar-refractivity contribution in [1.82, 2.24) is 4.31 Å². The number of nitrogens with two attached hydrogens (primary N) is 1. The molecule has 1 aliphatic heterocycles. The van der Waals surface area contributed by atoms with Crippen molar-refractivity contribution in [2.75, 3.05) is 6.54 Å². The summed E-state index contributed by atoms with van der Waals surface area (Å²) in [5.41, 5.74) is 7.29. The van der Waals surface area contributed by atoms with Gasteiger partial charge in [0.05, 0.1) is 4.90 Å². The molecule has 1 aromatic carbocycles. The lowest BCUT2D eigenvalue weighted by molar-refractivity contribution is -0.122. The summed E-state index contributed by atoms with van der Waals surface area (Å²) in [6.45, 7) is 4.15. The van der Waals surface area contributed by atoms with Crippen LogP contribution in [0.25, 0.3) is 0 Å². The van der Waals surface area contributed by atoms with Crippen LogP contribution < -0.4 is 5.73 Å². The Hall–Kier alpha value is -1.40. The molecule has 1 fully saturated rings. The highest BCUT2D eigenvalue weighted by Gasteiger charge is 2.36. The fourth-order valence-electron chi connectivity index (χ4n) is 2.49. The van der Waals surface area contributed by atoms with Crippen LogP contribution >= 0.6 is 0 Å². The predicted octanol–water partition coefficient (Wildman–Crippen LogP) is 1.33. The molecule has 2 N–H and O–H groups in total. The van der Waals surface area contributed by atoms with Crippen LogP contribution in [0.3, 0.4) is 0 Å². The zero-order valence-electron chi connectivity index (χ0n) is 11.8. The molecule has 1 atom stereocenters. The molecule has 0 spiro atoms. The SMILES string of the molecule is Cc1ccc(S(=O)(=O)N2CCCC[C@@H]2C(N)=O)cc1C. The molecule has 1 saturated heterocycles. The number of amides is 1. The van der Waals surface area contributed by atoms with Crippen LogP contribution in [0, 0.1) is 13.8 Å². The van der Waals surface area contributed by atoms with Crippen LogP contribution in [0.1, 0.15) is 30.4 Å². The number of nitrogens with zero attached hydrogens (tertiary/aromatic N) is 1. The molecule has 1 aliphatic rings. The van der Waals surface area contributed by atoms with Crippen molar-refractivity contribution in [1.29, 1.82) is 0 Å². The second kappa shape index (κ2) is 5.54. The Morgan fingerprint density at radius 1 is 1.25 bits per heavy atom. The maximum atomic E-state index is 12.7. The Balaban J connectivity index is 2.42. The highest BCUT2D eigenvalue weighted by atomic mass is 32.2. The molecule has 1 aromatic rings. The minimum atomic E-state index is -3.66. The highest BCUT2D eigenvalue weighted by Crippen LogP contribution is 2.26. The summed E-state index contributed by atoms with van der Waals surface area (Å²) in [5.74, 6) is -0.572. The van der Waals surface area contributed by atoms with Gasteiger partial charge in [-0.05, 0) is 49.9 Å². The lowest BCUT2D eigenvalue weighted by Crippen LogP contribution is -2.50. The number of rotatable bonds is 3. The van der Waals surface area contributed by atoms with Crippen molar-refractivity contribution in [3.8, 4) is 0 Å². The van der Waals surface area contributed by atoms with Gasteiger partial charge in [0.15, 0.2) is 0 Å². The van der Waals surface area contributed by atoms with Crippen LogP contribution in [0.2, 0.25) is 0 Å². The number of hydrogen-bond donors (Lipinski definition) is 1. The number of hydrogen-bond acceptors (Lipinski definition) is 3. The van der Waals surface area contributed by atoms with Gasteiger partial charge in [0.2, 0.25) is 15.9 Å². The van der Waals surface area contributed by atoms with E-state index in [2.05, 4.69) is 0 Å². The topological polar surface area (TPSA) is 80.5 Å². The van der Waals surface area contributed by atoms with Gasteiger partial charge < -0.3 is 5.73 Å². The fraction of sp³-hybridized carbons (Fsp3) is 0.500. The van der Waals surface area contributed by atoms with Gasteiger partial charge in [0.25, 0.3) is 0 Å². The Morgan fingerprint density at radius 2 is 1.95 bits per heavy atom. The zero-order chi connectivity index (χ0) is 14.9. The van der Waals surface area contributed by atoms with Gasteiger partial charge in [-0.1, -0.05) is 12.5 Å². The highest BCUT2D eigenvalue weighted by molar-refractivity contribution is 7.89. The molecular formula is C14H20N2O3S. The van der Waals surface area contributed by atoms with Crippen LogP contribution in [-0.2, 0) is 14.8 Å². The van der Waals surface area contributed by atoms with Gasteiger partial charge in [0.1, 0.15) is 6.04 Å². The molecule has 0 aromatic heterocycles. The molecular weight excluding hydrogens is 276 g/mol. The van der Waals surface area contributed by atoms with E-state index in [0.29, 0.717) is 13.0 Å². The van der Waals surface area contributed by atoms with Crippen LogP contribution in [0.15, 0.2) is 23.1 Å². The van der Waals surface area contributed by atoms with Gasteiger partial charge >= 0.3 is 0 Å². The smallest absolute Gasteiger partial charge is 0.243 e. The third kappa shape index (κ3) is 2.71. The molecule has 0 bridgehead atoms. The van der Waals surface area contributed by atoms with Crippen LogP contribution in [0.4, 0.5) is 0 Å². The maximum Gasteiger partial charge on any atom is 0.243 e. The number of benzene rings is 1. The molecule has 6 heteroatoms. The standard InChI is InChI=1S/C14H20N2O3S/c1-10-6-7-12(9-11(10)2)20(18,19)16-8-4-3-5-13(16)14(15)17/h6-7,9,13H,3-5,8H2,1-2H3,(H2,15,17)/t13-/m1/s1. The van der Waals surface area contributed by atoms with E-state index in [4.69, 9.17) is 5.73 Å². The third-order valence-corrected chi connectivity index (χ3v) is 5.77. The minimum Gasteiger partial charge on any atom is -0.368 e. The minimum absolute atomic E-state index is 0.230. The monoisotopic (exact) mass is 296 g/mol. The second-order valence-corrected chi connectivity index (χ2v) is 7.17. The Labute approximate surface area is 119 Å². The zero-order valence-corrected chi connectivity index (χ0v) is 12.6. The van der Waals surface area contributed by atoms with Gasteiger partial charge in [-0.2, -0.15) is 4.31 Å². The molecule has 2 rings (SSSR count). The van der Waals surface area contributed by atoms with Crippen molar-refractivity contribution in [2.24, 2.45) is 5.73 Å². The van der Waals surface area contributed by atoms with E-state index in [9.17, 15) is 13.2 Å². The summed E-state index contributed by atoms with van der Waals surface area (Å²) in [5, 5.41) is 0. The van der Waals surface area contributed by atoms with Gasteiger partial charge in [-0.25, -0.2) is 8.42 Å². The van der Waals surface area contributed by atoms with Crippen molar-refractivity contribution >= 4 is 15.9 Å². The summed E-state index contributed by atoms with van der Waals surface area (Å²) >= 11 is 0. The van der Waals surface area contributed by atoms with Crippen molar-refractivity contribution in [3.63, 3.8) is 0 Å². The molecule has 20 heavy (non-hydrogen) atoms. The molecule has 1 amide bonds. The maximum absolute atomic E-state index is 12.7. The Morgan fingerprint density at radius 3 is 2.55 bits per heavy atom. The van der Waals surface area contributed by atoms with E-state index in [1.807, 2.05) is 13.8 Å². The second-order valence-electron chi connectivity index (χ2n) is 5.28. The quantitative estimate of drug-likeness (QED) is 0.913. The third-order valence-electron chi connectivity index (χ3n) is 3.87.